The molecular formula is C25H28N4O3. The SMILES string of the molecule is Cc1cc(C)c(CNC(=O)c2cc(C3=CCOCC3)cc(-c3ccnn3C)c2C)c(=O)[nH]1. The minimum absolute atomic E-state index is 0.168. The van der Waals surface area contributed by atoms with Gasteiger partial charge in [0.2, 0.25) is 0 Å². The van der Waals surface area contributed by atoms with Crippen molar-refractivity contribution in [3.63, 3.8) is 0 Å². The summed E-state index contributed by atoms with van der Waals surface area (Å²) in [5, 5.41) is 7.25. The average Bonchev–Trinajstić information content (AvgIpc) is 3.19. The highest BCUT2D eigenvalue weighted by molar-refractivity contribution is 5.98. The van der Waals surface area contributed by atoms with Gasteiger partial charge >= 0.3 is 0 Å². The normalized spacial score (nSPS) is 13.7. The number of ether oxygens (including phenoxy) is 1. The van der Waals surface area contributed by atoms with Crippen molar-refractivity contribution in [2.75, 3.05) is 13.2 Å². The highest BCUT2D eigenvalue weighted by atomic mass is 16.5. The van der Waals surface area contributed by atoms with Gasteiger partial charge in [-0.25, -0.2) is 0 Å². The fourth-order valence-corrected chi connectivity index (χ4v) is 4.19. The quantitative estimate of drug-likeness (QED) is 0.646. The maximum absolute atomic E-state index is 13.3. The van der Waals surface area contributed by atoms with Crippen LogP contribution in [0.2, 0.25) is 0 Å². The number of carbonyl (C=O) groups is 1. The summed E-state index contributed by atoms with van der Waals surface area (Å²) >= 11 is 0. The predicted molar refractivity (Wildman–Crippen MR) is 125 cm³/mol. The van der Waals surface area contributed by atoms with E-state index in [1.165, 1.54) is 5.57 Å². The van der Waals surface area contributed by atoms with E-state index >= 15 is 0 Å². The Bertz CT molecular complexity index is 1270. The number of pyridine rings is 1. The van der Waals surface area contributed by atoms with Gasteiger partial charge in [0.25, 0.3) is 11.5 Å². The molecule has 0 spiro atoms. The van der Waals surface area contributed by atoms with E-state index in [1.54, 1.807) is 10.9 Å². The van der Waals surface area contributed by atoms with Crippen molar-refractivity contribution in [3.8, 4) is 11.3 Å². The summed E-state index contributed by atoms with van der Waals surface area (Å²) in [6.07, 6.45) is 4.62. The van der Waals surface area contributed by atoms with E-state index in [-0.39, 0.29) is 18.0 Å². The number of nitrogens with zero attached hydrogens (tertiary/aromatic N) is 2. The Balaban J connectivity index is 1.72. The van der Waals surface area contributed by atoms with Gasteiger partial charge in [0.1, 0.15) is 0 Å². The summed E-state index contributed by atoms with van der Waals surface area (Å²) in [6, 6.07) is 7.91. The molecular weight excluding hydrogens is 404 g/mol. The van der Waals surface area contributed by atoms with E-state index in [4.69, 9.17) is 4.74 Å². The minimum Gasteiger partial charge on any atom is -0.377 e. The molecule has 0 aliphatic carbocycles. The molecule has 32 heavy (non-hydrogen) atoms. The molecule has 2 aromatic heterocycles. The van der Waals surface area contributed by atoms with Crippen LogP contribution in [0.5, 0.6) is 0 Å². The molecule has 1 aliphatic rings. The van der Waals surface area contributed by atoms with Gasteiger partial charge < -0.3 is 15.0 Å². The minimum atomic E-state index is -0.209. The third-order valence-corrected chi connectivity index (χ3v) is 6.00. The van der Waals surface area contributed by atoms with Gasteiger partial charge in [0, 0.05) is 42.2 Å². The molecule has 0 unspecified atom stereocenters. The molecule has 0 radical (unpaired) electrons. The lowest BCUT2D eigenvalue weighted by Gasteiger charge is -2.19. The van der Waals surface area contributed by atoms with Crippen molar-refractivity contribution in [2.45, 2.75) is 33.7 Å². The smallest absolute Gasteiger partial charge is 0.253 e. The molecule has 7 heteroatoms. The molecule has 7 nitrogen and oxygen atoms in total. The number of benzene rings is 1. The number of rotatable bonds is 5. The van der Waals surface area contributed by atoms with E-state index in [2.05, 4.69) is 27.5 Å². The van der Waals surface area contributed by atoms with Crippen LogP contribution in [-0.2, 0) is 18.3 Å². The molecule has 0 saturated carbocycles. The largest absolute Gasteiger partial charge is 0.377 e. The number of aromatic amines is 1. The van der Waals surface area contributed by atoms with E-state index in [0.717, 1.165) is 40.1 Å². The van der Waals surface area contributed by atoms with Gasteiger partial charge in [-0.2, -0.15) is 5.10 Å². The maximum Gasteiger partial charge on any atom is 0.253 e. The average molecular weight is 433 g/mol. The number of carbonyl (C=O) groups excluding carboxylic acids is 1. The first-order chi connectivity index (χ1) is 15.3. The van der Waals surface area contributed by atoms with Gasteiger partial charge in [0.05, 0.1) is 18.9 Å². The Kier molecular flexibility index (Phi) is 6.10. The fraction of sp³-hybridized carbons (Fsp3) is 0.320. The summed E-state index contributed by atoms with van der Waals surface area (Å²) in [7, 11) is 1.89. The van der Waals surface area contributed by atoms with Gasteiger partial charge in [-0.1, -0.05) is 6.08 Å². The van der Waals surface area contributed by atoms with E-state index in [0.29, 0.717) is 24.3 Å². The fourth-order valence-electron chi connectivity index (χ4n) is 4.19. The second-order valence-electron chi connectivity index (χ2n) is 8.22. The van der Waals surface area contributed by atoms with Gasteiger partial charge in [-0.3, -0.25) is 14.3 Å². The van der Waals surface area contributed by atoms with Crippen LogP contribution in [0.1, 0.15) is 44.7 Å². The van der Waals surface area contributed by atoms with Gasteiger partial charge in [-0.05, 0) is 73.7 Å². The van der Waals surface area contributed by atoms with Crippen LogP contribution >= 0.6 is 0 Å². The van der Waals surface area contributed by atoms with Crippen LogP contribution in [0.3, 0.4) is 0 Å². The molecule has 3 aromatic rings. The monoisotopic (exact) mass is 432 g/mol. The second kappa shape index (κ2) is 8.96. The lowest BCUT2D eigenvalue weighted by atomic mass is 9.91. The maximum atomic E-state index is 13.3. The van der Waals surface area contributed by atoms with Gasteiger partial charge in [0.15, 0.2) is 0 Å². The highest BCUT2D eigenvalue weighted by Gasteiger charge is 2.19. The van der Waals surface area contributed by atoms with Crippen molar-refractivity contribution in [3.05, 3.63) is 80.4 Å². The molecule has 166 valence electrons. The van der Waals surface area contributed by atoms with Crippen molar-refractivity contribution in [1.82, 2.24) is 20.1 Å². The first-order valence-electron chi connectivity index (χ1n) is 10.7. The molecule has 0 bridgehead atoms. The molecule has 1 aromatic carbocycles. The lowest BCUT2D eigenvalue weighted by molar-refractivity contribution is 0.0950. The Labute approximate surface area is 187 Å². The van der Waals surface area contributed by atoms with Crippen LogP contribution in [0.15, 0.2) is 41.3 Å². The zero-order valence-corrected chi connectivity index (χ0v) is 18.9. The second-order valence-corrected chi connectivity index (χ2v) is 8.22. The number of amides is 1. The van der Waals surface area contributed by atoms with Crippen LogP contribution < -0.4 is 10.9 Å². The Morgan fingerprint density at radius 3 is 2.72 bits per heavy atom. The van der Waals surface area contributed by atoms with Crippen molar-refractivity contribution in [2.24, 2.45) is 7.05 Å². The zero-order valence-electron chi connectivity index (χ0n) is 18.9. The third kappa shape index (κ3) is 4.29. The van der Waals surface area contributed by atoms with E-state index in [9.17, 15) is 9.59 Å². The van der Waals surface area contributed by atoms with Crippen LogP contribution in [0.4, 0.5) is 0 Å². The summed E-state index contributed by atoms with van der Waals surface area (Å²) in [6.45, 7) is 7.08. The topological polar surface area (TPSA) is 89.0 Å². The Morgan fingerprint density at radius 1 is 1.25 bits per heavy atom. The first-order valence-corrected chi connectivity index (χ1v) is 10.7. The van der Waals surface area contributed by atoms with Crippen molar-refractivity contribution in [1.29, 1.82) is 0 Å². The Morgan fingerprint density at radius 2 is 2.06 bits per heavy atom. The van der Waals surface area contributed by atoms with E-state index in [1.807, 2.05) is 46.0 Å². The van der Waals surface area contributed by atoms with Crippen molar-refractivity contribution < 1.29 is 9.53 Å². The molecule has 4 rings (SSSR count). The number of aryl methyl sites for hydroxylation is 3. The number of nitrogens with one attached hydrogen (secondary N) is 2. The lowest BCUT2D eigenvalue weighted by Crippen LogP contribution is -2.28. The summed E-state index contributed by atoms with van der Waals surface area (Å²) in [5.74, 6) is -0.209. The number of hydrogen-bond acceptors (Lipinski definition) is 4. The molecule has 0 fully saturated rings. The Hall–Kier alpha value is -3.45. The molecule has 3 heterocycles. The van der Waals surface area contributed by atoms with E-state index < -0.39 is 0 Å². The molecule has 0 saturated heterocycles. The third-order valence-electron chi connectivity index (χ3n) is 6.00. The van der Waals surface area contributed by atoms with Crippen molar-refractivity contribution >= 4 is 11.5 Å². The number of H-pyrrole nitrogens is 1. The highest BCUT2D eigenvalue weighted by Crippen LogP contribution is 2.32. The summed E-state index contributed by atoms with van der Waals surface area (Å²) < 4.78 is 7.27. The summed E-state index contributed by atoms with van der Waals surface area (Å²) in [4.78, 5) is 28.4. The van der Waals surface area contributed by atoms with Crippen LogP contribution in [0.25, 0.3) is 16.8 Å². The van der Waals surface area contributed by atoms with Gasteiger partial charge in [-0.15, -0.1) is 0 Å². The number of aromatic nitrogens is 3. The summed E-state index contributed by atoms with van der Waals surface area (Å²) in [5.41, 5.74) is 7.60. The number of hydrogen-bond donors (Lipinski definition) is 2. The molecule has 1 aliphatic heterocycles. The standard InChI is InChI=1S/C25H28N4O3/c1-15-11-16(2)28-25(31)22(15)14-26-24(30)21-13-19(18-6-9-32-10-7-18)12-20(17(21)3)23-5-8-27-29(23)4/h5-6,8,11-13H,7,9-10,14H2,1-4H3,(H,26,30)(H,28,31). The predicted octanol–water partition coefficient (Wildman–Crippen LogP) is 3.43. The van der Waals surface area contributed by atoms with Crippen LogP contribution in [0, 0.1) is 20.8 Å². The zero-order chi connectivity index (χ0) is 22.8. The molecule has 1 amide bonds. The van der Waals surface area contributed by atoms with Crippen LogP contribution in [-0.4, -0.2) is 33.9 Å². The molecule has 0 atom stereocenters. The molecule has 2 N–H and O–H groups in total. The first kappa shape index (κ1) is 21.8.